The van der Waals surface area contributed by atoms with Gasteiger partial charge in [-0.1, -0.05) is 24.3 Å². The van der Waals surface area contributed by atoms with Crippen LogP contribution >= 0.6 is 0 Å². The van der Waals surface area contributed by atoms with Crippen molar-refractivity contribution in [3.63, 3.8) is 0 Å². The van der Waals surface area contributed by atoms with Crippen molar-refractivity contribution in [1.82, 2.24) is 0 Å². The van der Waals surface area contributed by atoms with Crippen LogP contribution in [-0.2, 0) is 5.41 Å². The number of benzene rings is 4. The molecule has 0 amide bonds. The van der Waals surface area contributed by atoms with Gasteiger partial charge in [0.2, 0.25) is 0 Å². The fourth-order valence-corrected chi connectivity index (χ4v) is 13.5. The molecule has 12 rings (SSSR count). The second-order valence-corrected chi connectivity index (χ2v) is 16.3. The number of nitro benzene ring substituents is 2. The minimum atomic E-state index is -0.622. The van der Waals surface area contributed by atoms with E-state index < -0.39 is 21.3 Å². The van der Waals surface area contributed by atoms with Gasteiger partial charge in [0.25, 0.3) is 0 Å². The first kappa shape index (κ1) is 30.7. The predicted molar refractivity (Wildman–Crippen MR) is 186 cm³/mol. The maximum absolute atomic E-state index is 11.2. The third-order valence-electron chi connectivity index (χ3n) is 14.3. The molecule has 9 bridgehead atoms. The van der Waals surface area contributed by atoms with Crippen molar-refractivity contribution in [2.45, 2.75) is 50.4 Å². The quantitative estimate of drug-likeness (QED) is 0.138. The molecular formula is C41H38N2O8. The van der Waals surface area contributed by atoms with E-state index in [1.165, 1.54) is 92.5 Å². The third kappa shape index (κ3) is 4.28. The first-order valence-corrected chi connectivity index (χ1v) is 18.2. The topological polar surface area (TPSA) is 145 Å². The van der Waals surface area contributed by atoms with E-state index in [0.29, 0.717) is 46.2 Å². The highest BCUT2D eigenvalue weighted by Crippen LogP contribution is 2.82. The Bertz CT molecular complexity index is 1990. The third-order valence-corrected chi connectivity index (χ3v) is 14.3. The zero-order valence-electron chi connectivity index (χ0n) is 27.9. The summed E-state index contributed by atoms with van der Waals surface area (Å²) < 4.78 is 12.2. The number of hydrogen-bond donors (Lipinski definition) is 2. The van der Waals surface area contributed by atoms with E-state index >= 15 is 0 Å². The maximum Gasteiger partial charge on any atom is 0.310 e. The number of ether oxygens (including phenoxy) is 2. The fourth-order valence-electron chi connectivity index (χ4n) is 13.5. The first-order valence-electron chi connectivity index (χ1n) is 18.2. The molecule has 8 aliphatic rings. The van der Waals surface area contributed by atoms with Crippen LogP contribution in [-0.4, -0.2) is 20.1 Å². The Kier molecular flexibility index (Phi) is 6.44. The SMILES string of the molecule is O=[N+]([O-])c1ccc(Oc2ccc(C3(c4ccc(Oc5ccc([N+](=O)[O-])c(O)c5)cc4)C4CC5CC3C3C6CC7CC(C6)C5C3(C7)C4)cc2)cc1O. The van der Waals surface area contributed by atoms with Crippen molar-refractivity contribution in [2.24, 2.45) is 52.8 Å². The molecule has 0 aliphatic heterocycles. The molecule has 260 valence electrons. The number of phenols is 2. The standard InChI is InChI=1S/C41H38N2O8/c44-36-18-31(9-11-34(36)42(46)47)50-29-5-1-26(2-6-29)41(27-3-7-30(8-4-27)51-32-10-12-35(43(48)49)37(45)19-32)28-16-25-17-33(41)39-24-14-22-13-23(15-24)38(25)40(39,20-22)21-28/h1-12,18-19,22-25,28,33,38-39,44-45H,13-17,20-21H2. The van der Waals surface area contributed by atoms with Crippen molar-refractivity contribution < 1.29 is 29.5 Å². The second kappa shape index (κ2) is 10.7. The summed E-state index contributed by atoms with van der Waals surface area (Å²) in [6.07, 6.45) is 9.41. The fraction of sp³-hybridized carbons (Fsp3) is 0.415. The summed E-state index contributed by atoms with van der Waals surface area (Å²) in [5.74, 6) is 6.98. The summed E-state index contributed by atoms with van der Waals surface area (Å²) in [4.78, 5) is 21.1. The first-order chi connectivity index (χ1) is 24.6. The summed E-state index contributed by atoms with van der Waals surface area (Å²) in [5, 5.41) is 42.7. The summed E-state index contributed by atoms with van der Waals surface area (Å²) in [6, 6.07) is 24.8. The van der Waals surface area contributed by atoms with Crippen LogP contribution in [0, 0.1) is 73.0 Å². The summed E-state index contributed by atoms with van der Waals surface area (Å²) in [6.45, 7) is 0. The Balaban J connectivity index is 1.03. The van der Waals surface area contributed by atoms with E-state index in [1.54, 1.807) is 0 Å². The summed E-state index contributed by atoms with van der Waals surface area (Å²) in [7, 11) is 0. The van der Waals surface area contributed by atoms with Gasteiger partial charge in [0.1, 0.15) is 23.0 Å². The van der Waals surface area contributed by atoms with Gasteiger partial charge in [-0.2, -0.15) is 0 Å². The van der Waals surface area contributed by atoms with E-state index in [1.807, 2.05) is 24.3 Å². The monoisotopic (exact) mass is 686 g/mol. The lowest BCUT2D eigenvalue weighted by molar-refractivity contribution is -0.386. The molecule has 8 saturated carbocycles. The van der Waals surface area contributed by atoms with Gasteiger partial charge in [-0.25, -0.2) is 0 Å². The molecule has 4 aromatic carbocycles. The van der Waals surface area contributed by atoms with Gasteiger partial charge in [0.15, 0.2) is 11.5 Å². The van der Waals surface area contributed by atoms with E-state index in [9.17, 15) is 30.4 Å². The number of phenolic OH excluding ortho intramolecular Hbond substituents is 2. The van der Waals surface area contributed by atoms with Crippen LogP contribution in [0.3, 0.4) is 0 Å². The van der Waals surface area contributed by atoms with Gasteiger partial charge < -0.3 is 19.7 Å². The van der Waals surface area contributed by atoms with E-state index in [0.717, 1.165) is 29.6 Å². The summed E-state index contributed by atoms with van der Waals surface area (Å²) >= 11 is 0. The molecule has 9 atom stereocenters. The van der Waals surface area contributed by atoms with Gasteiger partial charge in [-0.15, -0.1) is 0 Å². The number of rotatable bonds is 8. The van der Waals surface area contributed by atoms with Crippen LogP contribution in [0.1, 0.15) is 56.1 Å². The number of aromatic hydroxyl groups is 2. The second-order valence-electron chi connectivity index (χ2n) is 16.3. The van der Waals surface area contributed by atoms with E-state index in [-0.39, 0.29) is 16.8 Å². The minimum absolute atomic E-state index is 0.193. The van der Waals surface area contributed by atoms with Gasteiger partial charge >= 0.3 is 11.4 Å². The van der Waals surface area contributed by atoms with Gasteiger partial charge in [-0.3, -0.25) is 20.2 Å². The lowest BCUT2D eigenvalue weighted by Crippen LogP contribution is -2.74. The molecule has 0 heterocycles. The van der Waals surface area contributed by atoms with Crippen LogP contribution in [0.5, 0.6) is 34.5 Å². The van der Waals surface area contributed by atoms with Gasteiger partial charge in [0, 0.05) is 29.7 Å². The molecule has 4 aromatic rings. The number of nitrogens with zero attached hydrogens (tertiary/aromatic N) is 2. The van der Waals surface area contributed by atoms with E-state index in [2.05, 4.69) is 24.3 Å². The zero-order chi connectivity index (χ0) is 34.8. The van der Waals surface area contributed by atoms with Gasteiger partial charge in [0.05, 0.1) is 9.85 Å². The maximum atomic E-state index is 11.2. The van der Waals surface area contributed by atoms with Crippen LogP contribution in [0.2, 0.25) is 0 Å². The zero-order valence-corrected chi connectivity index (χ0v) is 27.9. The van der Waals surface area contributed by atoms with Crippen molar-refractivity contribution >= 4 is 11.4 Å². The van der Waals surface area contributed by atoms with Crippen LogP contribution in [0.15, 0.2) is 84.9 Å². The molecule has 8 aliphatic carbocycles. The predicted octanol–water partition coefficient (Wildman–Crippen LogP) is 9.51. The molecule has 2 N–H and O–H groups in total. The molecule has 10 nitrogen and oxygen atoms in total. The molecular weight excluding hydrogens is 648 g/mol. The largest absolute Gasteiger partial charge is 0.502 e. The van der Waals surface area contributed by atoms with Crippen molar-refractivity contribution in [1.29, 1.82) is 0 Å². The van der Waals surface area contributed by atoms with Crippen molar-refractivity contribution in [3.8, 4) is 34.5 Å². The average molecular weight is 687 g/mol. The molecule has 1 spiro atoms. The van der Waals surface area contributed by atoms with Crippen LogP contribution in [0.25, 0.3) is 0 Å². The Morgan fingerprint density at radius 2 is 1.08 bits per heavy atom. The van der Waals surface area contributed by atoms with Crippen LogP contribution < -0.4 is 9.47 Å². The summed E-state index contributed by atoms with van der Waals surface area (Å²) in [5.41, 5.74) is 2.13. The molecule has 9 unspecified atom stereocenters. The molecule has 8 fully saturated rings. The smallest absolute Gasteiger partial charge is 0.310 e. The Morgan fingerprint density at radius 3 is 1.59 bits per heavy atom. The Morgan fingerprint density at radius 1 is 0.588 bits per heavy atom. The number of nitro groups is 2. The van der Waals surface area contributed by atoms with Crippen LogP contribution in [0.4, 0.5) is 11.4 Å². The van der Waals surface area contributed by atoms with Gasteiger partial charge in [-0.05, 0) is 145 Å². The molecule has 0 saturated heterocycles. The molecule has 0 radical (unpaired) electrons. The number of hydrogen-bond acceptors (Lipinski definition) is 8. The lowest BCUT2D eigenvalue weighted by Gasteiger charge is -2.80. The molecule has 51 heavy (non-hydrogen) atoms. The van der Waals surface area contributed by atoms with Crippen molar-refractivity contribution in [2.75, 3.05) is 0 Å². The van der Waals surface area contributed by atoms with Crippen molar-refractivity contribution in [3.05, 3.63) is 116 Å². The highest BCUT2D eigenvalue weighted by Gasteiger charge is 2.76. The lowest BCUT2D eigenvalue weighted by atomic mass is 9.24. The normalized spacial score (nSPS) is 32.9. The highest BCUT2D eigenvalue weighted by molar-refractivity contribution is 5.53. The Labute approximate surface area is 294 Å². The Hall–Kier alpha value is -5.12. The van der Waals surface area contributed by atoms with E-state index in [4.69, 9.17) is 9.47 Å². The molecule has 0 aromatic heterocycles. The average Bonchev–Trinajstić information content (AvgIpc) is 3.08. The highest BCUT2D eigenvalue weighted by atomic mass is 16.6. The molecule has 10 heteroatoms. The minimum Gasteiger partial charge on any atom is -0.502 e.